The summed E-state index contributed by atoms with van der Waals surface area (Å²) in [4.78, 5) is 24.3. The maximum Gasteiger partial charge on any atom is 0.573 e. The van der Waals surface area contributed by atoms with Crippen LogP contribution in [0.15, 0.2) is 53.3 Å². The average molecular weight is 377 g/mol. The van der Waals surface area contributed by atoms with Crippen molar-refractivity contribution in [2.75, 3.05) is 0 Å². The van der Waals surface area contributed by atoms with E-state index in [0.717, 1.165) is 0 Å². The van der Waals surface area contributed by atoms with Gasteiger partial charge in [0.2, 0.25) is 0 Å². The Morgan fingerprint density at radius 3 is 2.37 bits per heavy atom. The second-order valence-electron chi connectivity index (χ2n) is 5.76. The van der Waals surface area contributed by atoms with Crippen LogP contribution in [0.4, 0.5) is 13.2 Å². The molecule has 1 atom stereocenters. The molecule has 0 aliphatic rings. The lowest BCUT2D eigenvalue weighted by Crippen LogP contribution is -2.29. The maximum absolute atomic E-state index is 12.5. The van der Waals surface area contributed by atoms with Gasteiger partial charge in [0.15, 0.2) is 5.69 Å². The van der Waals surface area contributed by atoms with E-state index in [2.05, 4.69) is 20.3 Å². The highest BCUT2D eigenvalue weighted by Gasteiger charge is 2.31. The van der Waals surface area contributed by atoms with Gasteiger partial charge in [-0.2, -0.15) is 5.10 Å². The first-order valence-electron chi connectivity index (χ1n) is 7.88. The fraction of sp³-hybridized carbons (Fsp3) is 0.167. The summed E-state index contributed by atoms with van der Waals surface area (Å²) >= 11 is 0. The number of rotatable bonds is 4. The van der Waals surface area contributed by atoms with Crippen LogP contribution in [-0.4, -0.2) is 22.5 Å². The third kappa shape index (κ3) is 4.25. The number of aromatic amines is 1. The Hall–Kier alpha value is -3.36. The van der Waals surface area contributed by atoms with Crippen LogP contribution < -0.4 is 15.6 Å². The molecule has 0 saturated heterocycles. The average Bonchev–Trinajstić information content (AvgIpc) is 2.61. The third-order valence-electron chi connectivity index (χ3n) is 3.87. The topological polar surface area (TPSA) is 84.1 Å². The molecule has 140 valence electrons. The molecule has 0 saturated carbocycles. The van der Waals surface area contributed by atoms with Gasteiger partial charge in [-0.3, -0.25) is 9.59 Å². The van der Waals surface area contributed by atoms with Crippen LogP contribution >= 0.6 is 0 Å². The van der Waals surface area contributed by atoms with Crippen molar-refractivity contribution in [1.82, 2.24) is 15.5 Å². The zero-order valence-electron chi connectivity index (χ0n) is 14.0. The number of carbonyl (C=O) groups is 1. The highest BCUT2D eigenvalue weighted by molar-refractivity contribution is 6.04. The van der Waals surface area contributed by atoms with Gasteiger partial charge in [0.25, 0.3) is 11.5 Å². The minimum Gasteiger partial charge on any atom is -0.406 e. The molecule has 0 bridgehead atoms. The van der Waals surface area contributed by atoms with Gasteiger partial charge in [-0.05, 0) is 30.7 Å². The molecule has 9 heteroatoms. The van der Waals surface area contributed by atoms with Crippen molar-refractivity contribution in [3.05, 3.63) is 70.1 Å². The predicted molar refractivity (Wildman–Crippen MR) is 91.4 cm³/mol. The molecule has 0 radical (unpaired) electrons. The molecule has 1 amide bonds. The zero-order chi connectivity index (χ0) is 19.6. The second-order valence-corrected chi connectivity index (χ2v) is 5.76. The first-order valence-corrected chi connectivity index (χ1v) is 7.88. The number of benzene rings is 2. The van der Waals surface area contributed by atoms with Crippen molar-refractivity contribution in [1.29, 1.82) is 0 Å². The molecular weight excluding hydrogens is 363 g/mol. The molecule has 1 heterocycles. The van der Waals surface area contributed by atoms with Crippen LogP contribution in [0.2, 0.25) is 0 Å². The van der Waals surface area contributed by atoms with Gasteiger partial charge >= 0.3 is 6.36 Å². The third-order valence-corrected chi connectivity index (χ3v) is 3.87. The van der Waals surface area contributed by atoms with Crippen LogP contribution in [0.3, 0.4) is 0 Å². The number of amides is 1. The molecule has 27 heavy (non-hydrogen) atoms. The lowest BCUT2D eigenvalue weighted by molar-refractivity contribution is -0.274. The number of hydrogen-bond acceptors (Lipinski definition) is 4. The SMILES string of the molecule is CC(NC(=O)c1n[nH]c(=O)c2ccccc12)c1ccc(OC(F)(F)F)cc1. The first kappa shape index (κ1) is 18.4. The van der Waals surface area contributed by atoms with E-state index in [-0.39, 0.29) is 11.4 Å². The van der Waals surface area contributed by atoms with Gasteiger partial charge in [-0.1, -0.05) is 30.3 Å². The maximum atomic E-state index is 12.5. The lowest BCUT2D eigenvalue weighted by Gasteiger charge is -2.15. The Bertz CT molecular complexity index is 1030. The standard InChI is InChI=1S/C18H14F3N3O3/c1-10(11-6-8-12(9-7-11)27-18(19,20)21)22-17(26)15-13-4-2-3-5-14(13)16(25)24-23-15/h2-10H,1H3,(H,22,26)(H,24,25). The highest BCUT2D eigenvalue weighted by Crippen LogP contribution is 2.24. The van der Waals surface area contributed by atoms with Crippen LogP contribution in [0.5, 0.6) is 5.75 Å². The Kier molecular flexibility index (Phi) is 4.85. The Balaban J connectivity index is 1.78. The molecule has 6 nitrogen and oxygen atoms in total. The second kappa shape index (κ2) is 7.10. The van der Waals surface area contributed by atoms with E-state index in [9.17, 15) is 22.8 Å². The first-order chi connectivity index (χ1) is 12.7. The molecular formula is C18H14F3N3O3. The van der Waals surface area contributed by atoms with E-state index in [0.29, 0.717) is 16.3 Å². The summed E-state index contributed by atoms with van der Waals surface area (Å²) < 4.78 is 40.4. The molecule has 1 aromatic heterocycles. The van der Waals surface area contributed by atoms with Gasteiger partial charge in [0.05, 0.1) is 11.4 Å². The summed E-state index contributed by atoms with van der Waals surface area (Å²) in [6.45, 7) is 1.67. The van der Waals surface area contributed by atoms with E-state index in [1.807, 2.05) is 0 Å². The number of H-pyrrole nitrogens is 1. The van der Waals surface area contributed by atoms with Crippen LogP contribution in [0, 0.1) is 0 Å². The largest absolute Gasteiger partial charge is 0.573 e. The molecule has 3 aromatic rings. The van der Waals surface area contributed by atoms with Crippen molar-refractivity contribution in [2.45, 2.75) is 19.3 Å². The summed E-state index contributed by atoms with van der Waals surface area (Å²) in [7, 11) is 0. The summed E-state index contributed by atoms with van der Waals surface area (Å²) in [5.74, 6) is -0.872. The summed E-state index contributed by atoms with van der Waals surface area (Å²) in [5, 5.41) is 9.53. The number of hydrogen-bond donors (Lipinski definition) is 2. The Morgan fingerprint density at radius 2 is 1.74 bits per heavy atom. The number of halogens is 3. The Labute approximate surface area is 151 Å². The number of nitrogens with one attached hydrogen (secondary N) is 2. The van der Waals surface area contributed by atoms with E-state index < -0.39 is 23.9 Å². The van der Waals surface area contributed by atoms with Gasteiger partial charge in [0.1, 0.15) is 5.75 Å². The van der Waals surface area contributed by atoms with Crippen molar-refractivity contribution in [2.24, 2.45) is 0 Å². The normalized spacial score (nSPS) is 12.6. The number of aromatic nitrogens is 2. The number of fused-ring (bicyclic) bond motifs is 1. The molecule has 0 spiro atoms. The van der Waals surface area contributed by atoms with Crippen LogP contribution in [0.25, 0.3) is 10.8 Å². The smallest absolute Gasteiger partial charge is 0.406 e. The number of ether oxygens (including phenoxy) is 1. The molecule has 0 fully saturated rings. The molecule has 2 aromatic carbocycles. The predicted octanol–water partition coefficient (Wildman–Crippen LogP) is 3.31. The number of nitrogens with zero attached hydrogens (tertiary/aromatic N) is 1. The van der Waals surface area contributed by atoms with Gasteiger partial charge in [-0.25, -0.2) is 5.10 Å². The summed E-state index contributed by atoms with van der Waals surface area (Å²) in [5.41, 5.74) is 0.219. The monoisotopic (exact) mass is 377 g/mol. The quantitative estimate of drug-likeness (QED) is 0.731. The zero-order valence-corrected chi connectivity index (χ0v) is 14.0. The fourth-order valence-corrected chi connectivity index (χ4v) is 2.59. The van der Waals surface area contributed by atoms with E-state index in [4.69, 9.17) is 0 Å². The highest BCUT2D eigenvalue weighted by atomic mass is 19.4. The minimum atomic E-state index is -4.77. The lowest BCUT2D eigenvalue weighted by atomic mass is 10.1. The van der Waals surface area contributed by atoms with Crippen molar-refractivity contribution >= 4 is 16.7 Å². The fourth-order valence-electron chi connectivity index (χ4n) is 2.59. The van der Waals surface area contributed by atoms with E-state index in [1.54, 1.807) is 31.2 Å². The molecule has 0 aliphatic heterocycles. The summed E-state index contributed by atoms with van der Waals surface area (Å²) in [6.07, 6.45) is -4.77. The molecule has 0 aliphatic carbocycles. The van der Waals surface area contributed by atoms with E-state index >= 15 is 0 Å². The van der Waals surface area contributed by atoms with Gasteiger partial charge in [-0.15, -0.1) is 13.2 Å². The van der Waals surface area contributed by atoms with Crippen LogP contribution in [-0.2, 0) is 0 Å². The molecule has 3 rings (SSSR count). The van der Waals surface area contributed by atoms with Crippen molar-refractivity contribution in [3.8, 4) is 5.75 Å². The van der Waals surface area contributed by atoms with Gasteiger partial charge in [0, 0.05) is 5.39 Å². The minimum absolute atomic E-state index is 0.0501. The van der Waals surface area contributed by atoms with Crippen molar-refractivity contribution in [3.63, 3.8) is 0 Å². The summed E-state index contributed by atoms with van der Waals surface area (Å²) in [6, 6.07) is 11.2. The van der Waals surface area contributed by atoms with Crippen molar-refractivity contribution < 1.29 is 22.7 Å². The Morgan fingerprint density at radius 1 is 1.11 bits per heavy atom. The molecule has 1 unspecified atom stereocenters. The molecule has 2 N–H and O–H groups in total. The van der Waals surface area contributed by atoms with Crippen LogP contribution in [0.1, 0.15) is 29.0 Å². The van der Waals surface area contributed by atoms with E-state index in [1.165, 1.54) is 24.3 Å². The number of carbonyl (C=O) groups excluding carboxylic acids is 1. The van der Waals surface area contributed by atoms with Gasteiger partial charge < -0.3 is 10.1 Å². The number of alkyl halides is 3.